The number of hydrogen-bond donors (Lipinski definition) is 1. The highest BCUT2D eigenvalue weighted by Gasteiger charge is 2.17. The van der Waals surface area contributed by atoms with Gasteiger partial charge in [-0.05, 0) is 31.9 Å². The molecule has 6 heteroatoms. The molecule has 1 fully saturated rings. The van der Waals surface area contributed by atoms with E-state index in [4.69, 9.17) is 14.9 Å². The third kappa shape index (κ3) is 2.47. The monoisotopic (exact) mass is 289 g/mol. The van der Waals surface area contributed by atoms with Crippen LogP contribution in [0.15, 0.2) is 23.0 Å². The Balaban J connectivity index is 1.91. The van der Waals surface area contributed by atoms with E-state index >= 15 is 0 Å². The molecule has 0 spiro atoms. The first kappa shape index (κ1) is 13.9. The van der Waals surface area contributed by atoms with E-state index in [1.165, 1.54) is 9.13 Å². The van der Waals surface area contributed by atoms with Gasteiger partial charge in [-0.2, -0.15) is 0 Å². The summed E-state index contributed by atoms with van der Waals surface area (Å²) in [7, 11) is 1.70. The van der Waals surface area contributed by atoms with Gasteiger partial charge in [0.05, 0.1) is 17.1 Å². The molecule has 1 unspecified atom stereocenters. The van der Waals surface area contributed by atoms with Crippen molar-refractivity contribution in [3.63, 3.8) is 0 Å². The topological polar surface area (TPSA) is 69.2 Å². The molecule has 0 saturated carbocycles. The van der Waals surface area contributed by atoms with Crippen LogP contribution in [0.1, 0.15) is 19.8 Å². The van der Waals surface area contributed by atoms with E-state index in [1.54, 1.807) is 14.0 Å². The Bertz CT molecular complexity index is 738. The molecule has 2 heterocycles. The fraction of sp³-hybridized carbons (Fsp3) is 0.467. The SMILES string of the molecule is CC(=N)n1c(=O)n(C)c2cc(OCC3CCCO3)ccc21. The van der Waals surface area contributed by atoms with Crippen molar-refractivity contribution < 1.29 is 9.47 Å². The fourth-order valence-electron chi connectivity index (χ4n) is 2.70. The smallest absolute Gasteiger partial charge is 0.334 e. The lowest BCUT2D eigenvalue weighted by Gasteiger charge is -2.11. The number of nitrogens with zero attached hydrogens (tertiary/aromatic N) is 2. The zero-order valence-electron chi connectivity index (χ0n) is 12.3. The van der Waals surface area contributed by atoms with Crippen molar-refractivity contribution in [3.8, 4) is 5.75 Å². The van der Waals surface area contributed by atoms with E-state index in [0.29, 0.717) is 12.4 Å². The van der Waals surface area contributed by atoms with E-state index in [0.717, 1.165) is 30.5 Å². The van der Waals surface area contributed by atoms with Gasteiger partial charge < -0.3 is 9.47 Å². The normalized spacial score (nSPS) is 18.3. The van der Waals surface area contributed by atoms with Crippen molar-refractivity contribution in [1.29, 1.82) is 5.41 Å². The summed E-state index contributed by atoms with van der Waals surface area (Å²) in [4.78, 5) is 12.1. The van der Waals surface area contributed by atoms with Crippen LogP contribution >= 0.6 is 0 Å². The first-order valence-corrected chi connectivity index (χ1v) is 7.09. The molecule has 3 rings (SSSR count). The third-order valence-electron chi connectivity index (χ3n) is 3.82. The van der Waals surface area contributed by atoms with E-state index in [-0.39, 0.29) is 17.6 Å². The molecular weight excluding hydrogens is 270 g/mol. The van der Waals surface area contributed by atoms with Gasteiger partial charge in [-0.15, -0.1) is 0 Å². The molecule has 112 valence electrons. The lowest BCUT2D eigenvalue weighted by Crippen LogP contribution is -2.25. The van der Waals surface area contributed by atoms with Crippen LogP contribution in [0.3, 0.4) is 0 Å². The van der Waals surface area contributed by atoms with Crippen molar-refractivity contribution in [2.75, 3.05) is 13.2 Å². The van der Waals surface area contributed by atoms with Crippen LogP contribution in [0.2, 0.25) is 0 Å². The average Bonchev–Trinajstić information content (AvgIpc) is 3.05. The van der Waals surface area contributed by atoms with Crippen LogP contribution in [0.5, 0.6) is 5.75 Å². The Labute approximate surface area is 122 Å². The number of benzene rings is 1. The maximum Gasteiger partial charge on any atom is 0.334 e. The van der Waals surface area contributed by atoms with Gasteiger partial charge >= 0.3 is 5.69 Å². The highest BCUT2D eigenvalue weighted by Crippen LogP contribution is 2.21. The first-order valence-electron chi connectivity index (χ1n) is 7.09. The Hall–Kier alpha value is -2.08. The minimum Gasteiger partial charge on any atom is -0.491 e. The number of aromatic nitrogens is 2. The highest BCUT2D eigenvalue weighted by molar-refractivity contribution is 5.91. The molecule has 1 aliphatic rings. The Morgan fingerprint density at radius 3 is 2.95 bits per heavy atom. The summed E-state index contributed by atoms with van der Waals surface area (Å²) >= 11 is 0. The Morgan fingerprint density at radius 1 is 1.48 bits per heavy atom. The number of ether oxygens (including phenoxy) is 2. The molecule has 1 aromatic heterocycles. The predicted octanol–water partition coefficient (Wildman–Crippen LogP) is 1.74. The van der Waals surface area contributed by atoms with Crippen LogP contribution in [-0.2, 0) is 11.8 Å². The largest absolute Gasteiger partial charge is 0.491 e. The van der Waals surface area contributed by atoms with Crippen molar-refractivity contribution in [1.82, 2.24) is 9.13 Å². The molecule has 21 heavy (non-hydrogen) atoms. The summed E-state index contributed by atoms with van der Waals surface area (Å²) < 4.78 is 14.2. The standard InChI is InChI=1S/C15H19N3O3/c1-10(16)18-13-6-5-11(8-14(13)17(2)15(18)19)21-9-12-4-3-7-20-12/h5-6,8,12,16H,3-4,7,9H2,1-2H3. The summed E-state index contributed by atoms with van der Waals surface area (Å²) in [5.41, 5.74) is 1.27. The number of imidazole rings is 1. The maximum absolute atomic E-state index is 12.1. The molecule has 1 saturated heterocycles. The molecular formula is C15H19N3O3. The van der Waals surface area contributed by atoms with Crippen molar-refractivity contribution >= 4 is 16.9 Å². The lowest BCUT2D eigenvalue weighted by atomic mass is 10.2. The van der Waals surface area contributed by atoms with Gasteiger partial charge in [0.15, 0.2) is 0 Å². The van der Waals surface area contributed by atoms with Gasteiger partial charge in [-0.1, -0.05) is 0 Å². The summed E-state index contributed by atoms with van der Waals surface area (Å²) in [5, 5.41) is 7.72. The number of aryl methyl sites for hydroxylation is 1. The fourth-order valence-corrected chi connectivity index (χ4v) is 2.70. The molecule has 2 aromatic rings. The molecule has 0 radical (unpaired) electrons. The van der Waals surface area contributed by atoms with Gasteiger partial charge in [-0.25, -0.2) is 9.36 Å². The average molecular weight is 289 g/mol. The van der Waals surface area contributed by atoms with Crippen LogP contribution in [0.4, 0.5) is 0 Å². The molecule has 0 amide bonds. The number of nitrogens with one attached hydrogen (secondary N) is 1. The van der Waals surface area contributed by atoms with E-state index in [1.807, 2.05) is 18.2 Å². The predicted molar refractivity (Wildman–Crippen MR) is 80.4 cm³/mol. The lowest BCUT2D eigenvalue weighted by molar-refractivity contribution is 0.0680. The van der Waals surface area contributed by atoms with Crippen molar-refractivity contribution in [2.45, 2.75) is 25.9 Å². The maximum atomic E-state index is 12.1. The minimum atomic E-state index is -0.214. The number of hydrogen-bond acceptors (Lipinski definition) is 4. The number of rotatable bonds is 3. The second-order valence-corrected chi connectivity index (χ2v) is 5.36. The number of fused-ring (bicyclic) bond motifs is 1. The minimum absolute atomic E-state index is 0.165. The highest BCUT2D eigenvalue weighted by atomic mass is 16.5. The van der Waals surface area contributed by atoms with Gasteiger partial charge in [0.1, 0.15) is 18.2 Å². The van der Waals surface area contributed by atoms with Crippen LogP contribution < -0.4 is 10.4 Å². The Kier molecular flexibility index (Phi) is 3.55. The summed E-state index contributed by atoms with van der Waals surface area (Å²) in [6, 6.07) is 5.49. The molecule has 1 N–H and O–H groups in total. The van der Waals surface area contributed by atoms with Crippen LogP contribution in [0.25, 0.3) is 11.0 Å². The van der Waals surface area contributed by atoms with E-state index in [2.05, 4.69) is 0 Å². The quantitative estimate of drug-likeness (QED) is 0.691. The van der Waals surface area contributed by atoms with Crippen LogP contribution in [-0.4, -0.2) is 34.3 Å². The first-order chi connectivity index (χ1) is 10.1. The third-order valence-corrected chi connectivity index (χ3v) is 3.82. The summed E-state index contributed by atoms with van der Waals surface area (Å²) in [6.07, 6.45) is 2.28. The summed E-state index contributed by atoms with van der Waals surface area (Å²) in [6.45, 7) is 2.94. The molecule has 0 aliphatic carbocycles. The molecule has 1 aromatic carbocycles. The van der Waals surface area contributed by atoms with Gasteiger partial charge in [0.2, 0.25) is 0 Å². The second-order valence-electron chi connectivity index (χ2n) is 5.36. The van der Waals surface area contributed by atoms with Gasteiger partial charge in [0.25, 0.3) is 0 Å². The van der Waals surface area contributed by atoms with Crippen LogP contribution in [0, 0.1) is 5.41 Å². The molecule has 1 aliphatic heterocycles. The molecule has 6 nitrogen and oxygen atoms in total. The van der Waals surface area contributed by atoms with Crippen molar-refractivity contribution in [3.05, 3.63) is 28.7 Å². The molecule has 0 bridgehead atoms. The second kappa shape index (κ2) is 5.37. The molecule has 1 atom stereocenters. The zero-order valence-corrected chi connectivity index (χ0v) is 12.3. The van der Waals surface area contributed by atoms with Gasteiger partial charge in [0, 0.05) is 19.7 Å². The zero-order chi connectivity index (χ0) is 15.0. The van der Waals surface area contributed by atoms with E-state index < -0.39 is 0 Å². The van der Waals surface area contributed by atoms with Crippen molar-refractivity contribution in [2.24, 2.45) is 7.05 Å². The van der Waals surface area contributed by atoms with E-state index in [9.17, 15) is 4.79 Å². The van der Waals surface area contributed by atoms with Gasteiger partial charge in [-0.3, -0.25) is 9.98 Å². The summed E-state index contributed by atoms with van der Waals surface area (Å²) in [5.74, 6) is 0.923. The Morgan fingerprint density at radius 2 is 2.29 bits per heavy atom.